The lowest BCUT2D eigenvalue weighted by Crippen LogP contribution is -2.35. The van der Waals surface area contributed by atoms with Gasteiger partial charge in [0.1, 0.15) is 5.82 Å². The Morgan fingerprint density at radius 2 is 2.00 bits per heavy atom. The van der Waals surface area contributed by atoms with Gasteiger partial charge >= 0.3 is 0 Å². The molecular weight excluding hydrogens is 298 g/mol. The van der Waals surface area contributed by atoms with E-state index in [-0.39, 0.29) is 0 Å². The topological polar surface area (TPSA) is 45.1 Å². The van der Waals surface area contributed by atoms with E-state index in [1.54, 1.807) is 0 Å². The van der Waals surface area contributed by atoms with E-state index in [2.05, 4.69) is 55.6 Å². The number of aryl methyl sites for hydroxylation is 1. The molecule has 0 saturated carbocycles. The van der Waals surface area contributed by atoms with Gasteiger partial charge in [-0.2, -0.15) is 5.10 Å². The first-order chi connectivity index (χ1) is 11.8. The molecule has 0 aliphatic carbocycles. The lowest BCUT2D eigenvalue weighted by molar-refractivity contribution is 0.390. The second-order valence-electron chi connectivity index (χ2n) is 7.09. The average Bonchev–Trinajstić information content (AvgIpc) is 3.24. The minimum atomic E-state index is 0.584. The zero-order valence-electron chi connectivity index (χ0n) is 14.5. The van der Waals surface area contributed by atoms with Gasteiger partial charge in [-0.15, -0.1) is 0 Å². The Balaban J connectivity index is 1.25. The van der Waals surface area contributed by atoms with E-state index < -0.39 is 0 Å². The predicted molar refractivity (Wildman–Crippen MR) is 98.5 cm³/mol. The summed E-state index contributed by atoms with van der Waals surface area (Å²) in [6, 6.07) is 11.2. The van der Waals surface area contributed by atoms with Crippen LogP contribution in [0.1, 0.15) is 24.1 Å². The van der Waals surface area contributed by atoms with Crippen LogP contribution in [0.4, 0.5) is 11.5 Å². The molecule has 1 saturated heterocycles. The maximum Gasteiger partial charge on any atom is 0.124 e. The van der Waals surface area contributed by atoms with E-state index in [1.165, 1.54) is 37.2 Å². The van der Waals surface area contributed by atoms with E-state index in [4.69, 9.17) is 0 Å². The Morgan fingerprint density at radius 1 is 1.21 bits per heavy atom. The molecule has 1 fully saturated rings. The summed E-state index contributed by atoms with van der Waals surface area (Å²) < 4.78 is 2.09. The minimum absolute atomic E-state index is 0.584. The van der Waals surface area contributed by atoms with Crippen LogP contribution in [-0.4, -0.2) is 36.0 Å². The number of fused-ring (bicyclic) bond motifs is 1. The first-order valence-electron chi connectivity index (χ1n) is 9.11. The minimum Gasteiger partial charge on any atom is -0.372 e. The maximum absolute atomic E-state index is 4.54. The van der Waals surface area contributed by atoms with Crippen molar-refractivity contribution in [3.8, 4) is 0 Å². The van der Waals surface area contributed by atoms with Crippen LogP contribution >= 0.6 is 0 Å². The number of aromatic nitrogens is 2. The molecule has 24 heavy (non-hydrogen) atoms. The number of anilines is 2. The third-order valence-electron chi connectivity index (χ3n) is 5.07. The zero-order chi connectivity index (χ0) is 16.4. The van der Waals surface area contributed by atoms with Crippen LogP contribution < -0.4 is 15.5 Å². The Kier molecular flexibility index (Phi) is 4.43. The first-order valence-corrected chi connectivity index (χ1v) is 9.11. The Hall–Kier alpha value is -2.01. The molecule has 2 aliphatic rings. The summed E-state index contributed by atoms with van der Waals surface area (Å²) >= 11 is 0. The molecule has 0 radical (unpaired) electrons. The zero-order valence-corrected chi connectivity index (χ0v) is 14.5. The standard InChI is InChI=1S/C19H27N5/c1-15-10-19-21-13-17(14-24(19)22-15)12-20-11-16-4-6-18(7-5-16)23-8-2-3-9-23/h4-7,10,17,20-21H,2-3,8-9,11-14H2,1H3/t17-/m1/s1. The third-order valence-corrected chi connectivity index (χ3v) is 5.07. The molecule has 5 nitrogen and oxygen atoms in total. The molecular formula is C19H27N5. The van der Waals surface area contributed by atoms with Gasteiger partial charge in [0.15, 0.2) is 0 Å². The summed E-state index contributed by atoms with van der Waals surface area (Å²) in [7, 11) is 0. The van der Waals surface area contributed by atoms with Gasteiger partial charge in [-0.3, -0.25) is 0 Å². The van der Waals surface area contributed by atoms with Crippen molar-refractivity contribution in [2.24, 2.45) is 5.92 Å². The summed E-state index contributed by atoms with van der Waals surface area (Å²) in [6.45, 7) is 8.43. The molecule has 2 aliphatic heterocycles. The number of rotatable bonds is 5. The summed E-state index contributed by atoms with van der Waals surface area (Å²) in [5.41, 5.74) is 3.82. The lowest BCUT2D eigenvalue weighted by Gasteiger charge is -2.25. The molecule has 128 valence electrons. The molecule has 0 bridgehead atoms. The van der Waals surface area contributed by atoms with Crippen LogP contribution in [0.2, 0.25) is 0 Å². The van der Waals surface area contributed by atoms with Crippen molar-refractivity contribution in [1.29, 1.82) is 0 Å². The molecule has 2 aromatic rings. The monoisotopic (exact) mass is 325 g/mol. The largest absolute Gasteiger partial charge is 0.372 e. The van der Waals surface area contributed by atoms with E-state index in [0.29, 0.717) is 5.92 Å². The van der Waals surface area contributed by atoms with E-state index >= 15 is 0 Å². The summed E-state index contributed by atoms with van der Waals surface area (Å²) in [6.07, 6.45) is 2.66. The van der Waals surface area contributed by atoms with Crippen LogP contribution in [0.3, 0.4) is 0 Å². The van der Waals surface area contributed by atoms with Gasteiger partial charge < -0.3 is 15.5 Å². The maximum atomic E-state index is 4.54. The number of nitrogens with zero attached hydrogens (tertiary/aromatic N) is 3. The smallest absolute Gasteiger partial charge is 0.124 e. The first kappa shape index (κ1) is 15.5. The van der Waals surface area contributed by atoms with Gasteiger partial charge in [-0.1, -0.05) is 12.1 Å². The van der Waals surface area contributed by atoms with Crippen molar-refractivity contribution in [3.05, 3.63) is 41.6 Å². The van der Waals surface area contributed by atoms with Crippen molar-refractivity contribution < 1.29 is 0 Å². The summed E-state index contributed by atoms with van der Waals surface area (Å²) in [5.74, 6) is 1.74. The number of hydrogen-bond acceptors (Lipinski definition) is 4. The van der Waals surface area contributed by atoms with Crippen LogP contribution in [0, 0.1) is 12.8 Å². The van der Waals surface area contributed by atoms with Crippen molar-refractivity contribution in [3.63, 3.8) is 0 Å². The van der Waals surface area contributed by atoms with Gasteiger partial charge in [0.05, 0.1) is 5.69 Å². The Bertz CT molecular complexity index is 670. The fraction of sp³-hybridized carbons (Fsp3) is 0.526. The van der Waals surface area contributed by atoms with Gasteiger partial charge in [0.25, 0.3) is 0 Å². The van der Waals surface area contributed by atoms with Gasteiger partial charge in [-0.05, 0) is 37.5 Å². The third kappa shape index (κ3) is 3.41. The quantitative estimate of drug-likeness (QED) is 0.887. The van der Waals surface area contributed by atoms with Crippen molar-refractivity contribution in [2.45, 2.75) is 32.9 Å². The highest BCUT2D eigenvalue weighted by molar-refractivity contribution is 5.48. The highest BCUT2D eigenvalue weighted by Gasteiger charge is 2.18. The van der Waals surface area contributed by atoms with Crippen LogP contribution in [-0.2, 0) is 13.1 Å². The van der Waals surface area contributed by atoms with Gasteiger partial charge in [0, 0.05) is 56.9 Å². The van der Waals surface area contributed by atoms with Crippen molar-refractivity contribution >= 4 is 11.5 Å². The van der Waals surface area contributed by atoms with Crippen LogP contribution in [0.5, 0.6) is 0 Å². The van der Waals surface area contributed by atoms with E-state index in [1.807, 2.05) is 6.92 Å². The van der Waals surface area contributed by atoms with E-state index in [0.717, 1.165) is 37.7 Å². The molecule has 0 spiro atoms. The number of nitrogens with one attached hydrogen (secondary N) is 2. The highest BCUT2D eigenvalue weighted by atomic mass is 15.3. The fourth-order valence-electron chi connectivity index (χ4n) is 3.74. The predicted octanol–water partition coefficient (Wildman–Crippen LogP) is 2.62. The molecule has 5 heteroatoms. The lowest BCUT2D eigenvalue weighted by atomic mass is 10.1. The second kappa shape index (κ2) is 6.85. The summed E-state index contributed by atoms with van der Waals surface area (Å²) in [4.78, 5) is 2.48. The molecule has 2 N–H and O–H groups in total. The second-order valence-corrected chi connectivity index (χ2v) is 7.09. The van der Waals surface area contributed by atoms with Crippen molar-refractivity contribution in [1.82, 2.24) is 15.1 Å². The Labute approximate surface area is 144 Å². The number of benzene rings is 1. The fourth-order valence-corrected chi connectivity index (χ4v) is 3.74. The SMILES string of the molecule is Cc1cc2n(n1)C[C@H](CNCc1ccc(N3CCCC3)cc1)CN2. The molecule has 1 aromatic carbocycles. The molecule has 1 aromatic heterocycles. The average molecular weight is 325 g/mol. The molecule has 3 heterocycles. The number of hydrogen-bond donors (Lipinski definition) is 2. The normalized spacial score (nSPS) is 20.0. The van der Waals surface area contributed by atoms with Crippen LogP contribution in [0.25, 0.3) is 0 Å². The molecule has 0 amide bonds. The van der Waals surface area contributed by atoms with Gasteiger partial charge in [-0.25, -0.2) is 4.68 Å². The highest BCUT2D eigenvalue weighted by Crippen LogP contribution is 2.21. The molecule has 0 unspecified atom stereocenters. The van der Waals surface area contributed by atoms with Gasteiger partial charge in [0.2, 0.25) is 0 Å². The molecule has 1 atom stereocenters. The summed E-state index contributed by atoms with van der Waals surface area (Å²) in [5, 5.41) is 11.6. The van der Waals surface area contributed by atoms with Crippen molar-refractivity contribution in [2.75, 3.05) is 36.4 Å². The van der Waals surface area contributed by atoms with Crippen LogP contribution in [0.15, 0.2) is 30.3 Å². The Morgan fingerprint density at radius 3 is 2.79 bits per heavy atom. The molecule has 4 rings (SSSR count). The van der Waals surface area contributed by atoms with E-state index in [9.17, 15) is 0 Å².